The number of carbonyl (C=O) groups excluding carboxylic acids is 1. The molecule has 3 aromatic rings. The maximum Gasteiger partial charge on any atom is 0.317 e. The first kappa shape index (κ1) is 20.5. The number of nitrogens with one attached hydrogen (secondary N) is 1. The van der Waals surface area contributed by atoms with Crippen molar-refractivity contribution in [3.05, 3.63) is 48.5 Å². The summed E-state index contributed by atoms with van der Waals surface area (Å²) in [4.78, 5) is 33.7. The highest BCUT2D eigenvalue weighted by atomic mass is 31.1. The summed E-state index contributed by atoms with van der Waals surface area (Å²) in [5.74, 6) is -0.291. The van der Waals surface area contributed by atoms with Crippen molar-refractivity contribution < 1.29 is 33.0 Å². The molecule has 1 fully saturated rings. The van der Waals surface area contributed by atoms with Crippen LogP contribution < -0.4 is 5.32 Å². The number of hydrogen-bond donors (Lipinski definition) is 3. The maximum atomic E-state index is 14.9. The molecule has 2 aromatic heterocycles. The molecular weight excluding hydrogens is 420 g/mol. The Morgan fingerprint density at radius 2 is 2.07 bits per heavy atom. The molecular formula is C17H17FN5O6P. The lowest BCUT2D eigenvalue weighted by atomic mass is 10.1. The van der Waals surface area contributed by atoms with Gasteiger partial charge in [-0.05, 0) is 12.1 Å². The fourth-order valence-corrected chi connectivity index (χ4v) is 3.74. The summed E-state index contributed by atoms with van der Waals surface area (Å²) in [6.45, 7) is -0.614. The number of nitrogens with zero attached hydrogens (tertiary/aromatic N) is 4. The number of fused-ring (bicyclic) bond motifs is 1. The summed E-state index contributed by atoms with van der Waals surface area (Å²) in [5.41, 5.74) is 0.768. The fourth-order valence-electron chi connectivity index (χ4n) is 3.22. The molecule has 11 nitrogen and oxygen atoms in total. The van der Waals surface area contributed by atoms with Crippen LogP contribution >= 0.6 is 8.25 Å². The van der Waals surface area contributed by atoms with Gasteiger partial charge in [-0.15, -0.1) is 0 Å². The molecule has 1 amide bonds. The van der Waals surface area contributed by atoms with E-state index in [2.05, 4.69) is 20.3 Å². The first-order chi connectivity index (χ1) is 14.5. The number of anilines is 1. The number of aromatic nitrogens is 4. The lowest BCUT2D eigenvalue weighted by Gasteiger charge is -2.16. The molecule has 0 aliphatic carbocycles. The number of carbonyl (C=O) groups is 1. The van der Waals surface area contributed by atoms with Crippen LogP contribution in [0, 0.1) is 0 Å². The van der Waals surface area contributed by atoms with Crippen LogP contribution in [0.15, 0.2) is 43.0 Å². The molecule has 13 heteroatoms. The minimum atomic E-state index is -3.45. The molecule has 0 bridgehead atoms. The van der Waals surface area contributed by atoms with E-state index < -0.39 is 45.4 Å². The lowest BCUT2D eigenvalue weighted by molar-refractivity contribution is -0.0436. The molecule has 0 radical (unpaired) electrons. The van der Waals surface area contributed by atoms with Gasteiger partial charge >= 0.3 is 8.25 Å². The predicted octanol–water partition coefficient (Wildman–Crippen LogP) is 1.07. The highest BCUT2D eigenvalue weighted by molar-refractivity contribution is 7.32. The van der Waals surface area contributed by atoms with E-state index in [9.17, 15) is 18.9 Å². The Kier molecular flexibility index (Phi) is 5.84. The predicted molar refractivity (Wildman–Crippen MR) is 102 cm³/mol. The van der Waals surface area contributed by atoms with Gasteiger partial charge in [0.2, 0.25) is 0 Å². The summed E-state index contributed by atoms with van der Waals surface area (Å²) < 4.78 is 37.4. The average molecular weight is 437 g/mol. The Morgan fingerprint density at radius 3 is 2.77 bits per heavy atom. The third kappa shape index (κ3) is 3.83. The zero-order valence-electron chi connectivity index (χ0n) is 15.3. The Hall–Kier alpha value is -2.76. The quantitative estimate of drug-likeness (QED) is 0.482. The lowest BCUT2D eigenvalue weighted by Crippen LogP contribution is -2.32. The molecule has 3 heterocycles. The van der Waals surface area contributed by atoms with E-state index in [0.717, 1.165) is 0 Å². The molecule has 158 valence electrons. The number of halogens is 1. The number of amides is 1. The van der Waals surface area contributed by atoms with E-state index in [1.165, 1.54) is 17.2 Å². The monoisotopic (exact) mass is 437 g/mol. The highest BCUT2D eigenvalue weighted by Crippen LogP contribution is 2.38. The normalized spacial score (nSPS) is 24.8. The molecule has 1 aromatic carbocycles. The van der Waals surface area contributed by atoms with Gasteiger partial charge in [-0.1, -0.05) is 18.2 Å². The first-order valence-electron chi connectivity index (χ1n) is 8.83. The van der Waals surface area contributed by atoms with E-state index >= 15 is 0 Å². The average Bonchev–Trinajstić information content (AvgIpc) is 3.30. The third-order valence-corrected chi connectivity index (χ3v) is 5.06. The Bertz CT molecular complexity index is 1080. The van der Waals surface area contributed by atoms with Crippen molar-refractivity contribution in [1.29, 1.82) is 0 Å². The van der Waals surface area contributed by atoms with Gasteiger partial charge in [0.25, 0.3) is 5.91 Å². The van der Waals surface area contributed by atoms with Gasteiger partial charge in [-0.25, -0.2) is 19.3 Å². The molecule has 4 rings (SSSR count). The number of alkyl halides is 1. The van der Waals surface area contributed by atoms with Crippen LogP contribution in [-0.2, 0) is 13.8 Å². The molecule has 5 atom stereocenters. The number of rotatable bonds is 6. The number of aliphatic hydroxyl groups excluding tert-OH is 1. The molecule has 1 aliphatic heterocycles. The van der Waals surface area contributed by atoms with Crippen LogP contribution in [0.1, 0.15) is 16.6 Å². The van der Waals surface area contributed by atoms with Crippen molar-refractivity contribution in [2.24, 2.45) is 0 Å². The number of imidazole rings is 1. The number of ether oxygens (including phenoxy) is 1. The van der Waals surface area contributed by atoms with E-state index in [4.69, 9.17) is 14.2 Å². The zero-order valence-corrected chi connectivity index (χ0v) is 16.3. The van der Waals surface area contributed by atoms with Crippen molar-refractivity contribution in [3.63, 3.8) is 0 Å². The Morgan fingerprint density at radius 1 is 1.30 bits per heavy atom. The standard InChI is InChI=1S/C17H17FN5O6P/c18-11-13(29-30(26)27)10(6-24)28-17(11)23-8-21-12-14(19-7-20-15(12)23)22-16(25)9-4-2-1-3-5-9/h1-5,7-8,10-11,13,17,24,30H,6H2,(H,26,27)(H,19,20,22,25)/t10-,11?,13?,17-/m1/s1. The van der Waals surface area contributed by atoms with Crippen LogP contribution in [-0.4, -0.2) is 60.4 Å². The van der Waals surface area contributed by atoms with E-state index in [1.54, 1.807) is 30.3 Å². The smallest absolute Gasteiger partial charge is 0.317 e. The zero-order chi connectivity index (χ0) is 21.3. The van der Waals surface area contributed by atoms with E-state index in [1.807, 2.05) is 0 Å². The number of aliphatic hydroxyl groups is 1. The fraction of sp³-hybridized carbons (Fsp3) is 0.294. The van der Waals surface area contributed by atoms with Crippen LogP contribution in [0.4, 0.5) is 10.2 Å². The van der Waals surface area contributed by atoms with Gasteiger partial charge in [0.15, 0.2) is 29.4 Å². The van der Waals surface area contributed by atoms with Gasteiger partial charge in [0.05, 0.1) is 12.9 Å². The van der Waals surface area contributed by atoms with Gasteiger partial charge in [0, 0.05) is 5.56 Å². The Labute approximate surface area is 169 Å². The van der Waals surface area contributed by atoms with Crippen LogP contribution in [0.5, 0.6) is 0 Å². The number of benzene rings is 1. The van der Waals surface area contributed by atoms with Crippen molar-refractivity contribution in [2.45, 2.75) is 24.6 Å². The maximum absolute atomic E-state index is 14.9. The molecule has 0 saturated carbocycles. The highest BCUT2D eigenvalue weighted by Gasteiger charge is 2.48. The number of hydrogen-bond acceptors (Lipinski definition) is 8. The molecule has 1 aliphatic rings. The Balaban J connectivity index is 1.63. The van der Waals surface area contributed by atoms with E-state index in [-0.39, 0.29) is 17.0 Å². The summed E-state index contributed by atoms with van der Waals surface area (Å²) in [6, 6.07) is 8.48. The summed E-state index contributed by atoms with van der Waals surface area (Å²) >= 11 is 0. The molecule has 3 unspecified atom stereocenters. The van der Waals surface area contributed by atoms with Crippen molar-refractivity contribution >= 4 is 31.1 Å². The van der Waals surface area contributed by atoms with Gasteiger partial charge in [-0.2, -0.15) is 0 Å². The second kappa shape index (κ2) is 8.54. The van der Waals surface area contributed by atoms with Crippen molar-refractivity contribution in [2.75, 3.05) is 11.9 Å². The van der Waals surface area contributed by atoms with Crippen LogP contribution in [0.2, 0.25) is 0 Å². The SMILES string of the molecule is O=C(Nc1ncnc2c1ncn2[C@@H]1O[C@H](CO)C(O[PH](=O)O)C1F)c1ccccc1. The van der Waals surface area contributed by atoms with Crippen LogP contribution in [0.25, 0.3) is 11.2 Å². The summed E-state index contributed by atoms with van der Waals surface area (Å²) in [5, 5.41) is 12.0. The third-order valence-electron chi connectivity index (χ3n) is 4.58. The largest absolute Gasteiger partial charge is 0.394 e. The minimum absolute atomic E-state index is 0.118. The van der Waals surface area contributed by atoms with E-state index in [0.29, 0.717) is 5.56 Å². The van der Waals surface area contributed by atoms with Crippen LogP contribution in [0.3, 0.4) is 0 Å². The summed E-state index contributed by atoms with van der Waals surface area (Å²) in [7, 11) is -3.45. The van der Waals surface area contributed by atoms with Gasteiger partial charge in [0.1, 0.15) is 18.5 Å². The molecule has 30 heavy (non-hydrogen) atoms. The van der Waals surface area contributed by atoms with Crippen molar-refractivity contribution in [1.82, 2.24) is 19.5 Å². The van der Waals surface area contributed by atoms with Gasteiger partial charge < -0.3 is 24.6 Å². The summed E-state index contributed by atoms with van der Waals surface area (Å²) in [6.07, 6.45) is -3.36. The topological polar surface area (TPSA) is 149 Å². The second-order valence-electron chi connectivity index (χ2n) is 6.41. The molecule has 0 spiro atoms. The second-order valence-corrected chi connectivity index (χ2v) is 7.17. The molecule has 3 N–H and O–H groups in total. The first-order valence-corrected chi connectivity index (χ1v) is 10.1. The minimum Gasteiger partial charge on any atom is -0.394 e. The van der Waals surface area contributed by atoms with Crippen molar-refractivity contribution in [3.8, 4) is 0 Å². The van der Waals surface area contributed by atoms with Gasteiger partial charge in [-0.3, -0.25) is 13.9 Å². The molecule has 1 saturated heterocycles.